The molecule has 0 radical (unpaired) electrons. The first kappa shape index (κ1) is 19.6. The second-order valence-corrected chi connectivity index (χ2v) is 5.70. The van der Waals surface area contributed by atoms with Crippen LogP contribution in [0, 0.1) is 6.92 Å². The van der Waals surface area contributed by atoms with Gasteiger partial charge < -0.3 is 11.1 Å². The third kappa shape index (κ3) is 8.73. The maximum Gasteiger partial charge on any atom is 0.188 e. The highest BCUT2D eigenvalue weighted by atomic mass is 127. The Balaban J connectivity index is 0.00000361. The highest BCUT2D eigenvalue weighted by molar-refractivity contribution is 14.0. The molecular weight excluding hydrogens is 383 g/mol. The number of nitrogens with one attached hydrogen (secondary N) is 1. The summed E-state index contributed by atoms with van der Waals surface area (Å²) in [6.45, 7) is 5.79. The van der Waals surface area contributed by atoms with E-state index in [1.165, 1.54) is 43.4 Å². The van der Waals surface area contributed by atoms with Gasteiger partial charge in [-0.1, -0.05) is 39.0 Å². The van der Waals surface area contributed by atoms with Crippen molar-refractivity contribution in [3.8, 4) is 0 Å². The Morgan fingerprint density at radius 2 is 2.00 bits per heavy atom. The summed E-state index contributed by atoms with van der Waals surface area (Å²) < 4.78 is 0. The van der Waals surface area contributed by atoms with E-state index in [0.29, 0.717) is 12.5 Å². The van der Waals surface area contributed by atoms with Gasteiger partial charge in [-0.25, -0.2) is 9.98 Å². The van der Waals surface area contributed by atoms with Gasteiger partial charge in [-0.15, -0.1) is 35.3 Å². The van der Waals surface area contributed by atoms with Gasteiger partial charge >= 0.3 is 0 Å². The summed E-state index contributed by atoms with van der Waals surface area (Å²) in [4.78, 5) is 9.71. The Morgan fingerprint density at radius 1 is 1.30 bits per heavy atom. The van der Waals surface area contributed by atoms with Crippen LogP contribution >= 0.6 is 35.3 Å². The maximum absolute atomic E-state index is 5.83. The van der Waals surface area contributed by atoms with Gasteiger partial charge in [0, 0.05) is 11.4 Å². The summed E-state index contributed by atoms with van der Waals surface area (Å²) in [5.74, 6) is 0.543. The Kier molecular flexibility index (Phi) is 12.1. The highest BCUT2D eigenvalue weighted by Crippen LogP contribution is 2.12. The van der Waals surface area contributed by atoms with Crippen molar-refractivity contribution in [3.05, 3.63) is 16.1 Å². The molecule has 4 nitrogen and oxygen atoms in total. The van der Waals surface area contributed by atoms with Crippen molar-refractivity contribution in [2.24, 2.45) is 10.7 Å². The quantitative estimate of drug-likeness (QED) is 0.282. The van der Waals surface area contributed by atoms with Crippen molar-refractivity contribution in [3.63, 3.8) is 0 Å². The molecule has 0 fully saturated rings. The minimum Gasteiger partial charge on any atom is -0.370 e. The van der Waals surface area contributed by atoms with E-state index in [0.717, 1.165) is 12.2 Å². The van der Waals surface area contributed by atoms with Gasteiger partial charge in [0.05, 0.1) is 17.7 Å². The summed E-state index contributed by atoms with van der Waals surface area (Å²) in [7, 11) is 0. The smallest absolute Gasteiger partial charge is 0.188 e. The molecule has 0 aliphatic rings. The lowest BCUT2D eigenvalue weighted by Crippen LogP contribution is -2.32. The van der Waals surface area contributed by atoms with Crippen molar-refractivity contribution >= 4 is 41.3 Å². The van der Waals surface area contributed by atoms with Crippen LogP contribution in [0.15, 0.2) is 10.5 Å². The molecule has 0 amide bonds. The number of nitrogens with two attached hydrogens (primary N) is 1. The van der Waals surface area contributed by atoms with Crippen LogP contribution < -0.4 is 11.1 Å². The van der Waals surface area contributed by atoms with Gasteiger partial charge in [-0.2, -0.15) is 0 Å². The number of hydrogen-bond donors (Lipinski definition) is 2. The summed E-state index contributed by atoms with van der Waals surface area (Å²) in [6.07, 6.45) is 7.77. The first-order chi connectivity index (χ1) is 9.24. The molecule has 20 heavy (non-hydrogen) atoms. The maximum atomic E-state index is 5.83. The number of aliphatic imine (C=N–C) groups is 1. The zero-order valence-electron chi connectivity index (χ0n) is 12.5. The largest absolute Gasteiger partial charge is 0.370 e. The van der Waals surface area contributed by atoms with Gasteiger partial charge in [-0.3, -0.25) is 0 Å². The van der Waals surface area contributed by atoms with Crippen molar-refractivity contribution in [2.75, 3.05) is 6.54 Å². The van der Waals surface area contributed by atoms with Gasteiger partial charge in [0.1, 0.15) is 0 Å². The van der Waals surface area contributed by atoms with Crippen LogP contribution in [0.3, 0.4) is 0 Å². The molecule has 1 rings (SSSR count). The van der Waals surface area contributed by atoms with Crippen LogP contribution in [0.5, 0.6) is 0 Å². The zero-order valence-corrected chi connectivity index (χ0v) is 15.7. The van der Waals surface area contributed by atoms with Crippen molar-refractivity contribution in [1.82, 2.24) is 10.3 Å². The van der Waals surface area contributed by atoms with Crippen LogP contribution in [0.25, 0.3) is 0 Å². The predicted octanol–water partition coefficient (Wildman–Crippen LogP) is 3.83. The number of guanidine groups is 1. The molecular formula is C14H27IN4S. The van der Waals surface area contributed by atoms with Gasteiger partial charge in [0.15, 0.2) is 5.96 Å². The van der Waals surface area contributed by atoms with E-state index in [-0.39, 0.29) is 24.0 Å². The second-order valence-electron chi connectivity index (χ2n) is 4.76. The van der Waals surface area contributed by atoms with Gasteiger partial charge in [0.2, 0.25) is 0 Å². The summed E-state index contributed by atoms with van der Waals surface area (Å²) in [5.41, 5.74) is 8.73. The monoisotopic (exact) mass is 410 g/mol. The molecule has 1 aromatic heterocycles. The van der Waals surface area contributed by atoms with E-state index in [1.54, 1.807) is 11.3 Å². The van der Waals surface area contributed by atoms with Crippen molar-refractivity contribution in [1.29, 1.82) is 0 Å². The van der Waals surface area contributed by atoms with E-state index in [2.05, 4.69) is 22.2 Å². The number of halogens is 1. The lowest BCUT2D eigenvalue weighted by atomic mass is 10.1. The molecule has 1 aromatic rings. The number of rotatable bonds is 9. The van der Waals surface area contributed by atoms with E-state index < -0.39 is 0 Å². The fourth-order valence-corrected chi connectivity index (χ4v) is 2.51. The third-order valence-electron chi connectivity index (χ3n) is 3.07. The van der Waals surface area contributed by atoms with E-state index in [9.17, 15) is 0 Å². The fraction of sp³-hybridized carbons (Fsp3) is 0.714. The fourth-order valence-electron chi connectivity index (χ4n) is 1.81. The normalized spacial score (nSPS) is 11.2. The van der Waals surface area contributed by atoms with Crippen LogP contribution in [-0.4, -0.2) is 17.5 Å². The Bertz CT molecular complexity index is 379. The molecule has 6 heteroatoms. The lowest BCUT2D eigenvalue weighted by molar-refractivity contribution is 0.601. The van der Waals surface area contributed by atoms with E-state index in [4.69, 9.17) is 5.73 Å². The molecule has 0 bridgehead atoms. The Hall–Kier alpha value is -0.370. The Labute approximate surface area is 143 Å². The molecule has 3 N–H and O–H groups in total. The van der Waals surface area contributed by atoms with Gasteiger partial charge in [0.25, 0.3) is 0 Å². The van der Waals surface area contributed by atoms with E-state index >= 15 is 0 Å². The summed E-state index contributed by atoms with van der Waals surface area (Å²) in [6, 6.07) is 0. The van der Waals surface area contributed by atoms with Crippen LogP contribution in [-0.2, 0) is 6.54 Å². The van der Waals surface area contributed by atoms with Crippen LogP contribution in [0.2, 0.25) is 0 Å². The molecule has 0 aliphatic carbocycles. The van der Waals surface area contributed by atoms with Crippen molar-refractivity contribution < 1.29 is 0 Å². The first-order valence-electron chi connectivity index (χ1n) is 7.16. The SMILES string of the molecule is CCCCCCCCNC(N)=NCc1scnc1C.I. The molecule has 116 valence electrons. The molecule has 0 atom stereocenters. The van der Waals surface area contributed by atoms with Crippen molar-refractivity contribution in [2.45, 2.75) is 58.9 Å². The first-order valence-corrected chi connectivity index (χ1v) is 8.04. The molecule has 0 spiro atoms. The number of unbranched alkanes of at least 4 members (excludes halogenated alkanes) is 5. The lowest BCUT2D eigenvalue weighted by Gasteiger charge is -2.05. The molecule has 0 aromatic carbocycles. The number of nitrogens with zero attached hydrogens (tertiary/aromatic N) is 2. The minimum atomic E-state index is 0. The average Bonchev–Trinajstić information content (AvgIpc) is 2.81. The number of hydrogen-bond acceptors (Lipinski definition) is 3. The standard InChI is InChI=1S/C14H26N4S.HI/c1-3-4-5-6-7-8-9-16-14(15)17-10-13-12(2)18-11-19-13;/h11H,3-10H2,1-2H3,(H3,15,16,17);1H. The number of aromatic nitrogens is 1. The second kappa shape index (κ2) is 12.4. The predicted molar refractivity (Wildman–Crippen MR) is 99.0 cm³/mol. The van der Waals surface area contributed by atoms with Crippen LogP contribution in [0.4, 0.5) is 0 Å². The topological polar surface area (TPSA) is 63.3 Å². The average molecular weight is 410 g/mol. The van der Waals surface area contributed by atoms with Crippen LogP contribution in [0.1, 0.15) is 56.0 Å². The third-order valence-corrected chi connectivity index (χ3v) is 3.99. The zero-order chi connectivity index (χ0) is 13.9. The molecule has 0 saturated heterocycles. The summed E-state index contributed by atoms with van der Waals surface area (Å²) >= 11 is 1.63. The highest BCUT2D eigenvalue weighted by Gasteiger charge is 2.00. The molecule has 0 aliphatic heterocycles. The molecule has 0 saturated carbocycles. The number of aryl methyl sites for hydroxylation is 1. The molecule has 1 heterocycles. The van der Waals surface area contributed by atoms with Gasteiger partial charge in [-0.05, 0) is 13.3 Å². The minimum absolute atomic E-state index is 0. The molecule has 0 unspecified atom stereocenters. The van der Waals surface area contributed by atoms with E-state index in [1.807, 2.05) is 12.4 Å². The number of thiazole rings is 1. The summed E-state index contributed by atoms with van der Waals surface area (Å²) in [5, 5.41) is 3.17. The Morgan fingerprint density at radius 3 is 2.65 bits per heavy atom.